The van der Waals surface area contributed by atoms with Gasteiger partial charge < -0.3 is 10.8 Å². The van der Waals surface area contributed by atoms with Gasteiger partial charge in [0, 0.05) is 11.3 Å². The molecule has 0 aliphatic heterocycles. The van der Waals surface area contributed by atoms with E-state index in [1.54, 1.807) is 5.41 Å². The van der Waals surface area contributed by atoms with Crippen LogP contribution in [0.15, 0.2) is 10.9 Å². The van der Waals surface area contributed by atoms with Crippen LogP contribution in [-0.4, -0.2) is 22.9 Å². The largest absolute Gasteiger partial charge is 0.480 e. The highest BCUT2D eigenvalue weighted by atomic mass is 35.5. The quantitative estimate of drug-likeness (QED) is 0.675. The van der Waals surface area contributed by atoms with Gasteiger partial charge in [0.05, 0.1) is 0 Å². The Morgan fingerprint density at radius 1 is 1.90 bits per heavy atom. The van der Waals surface area contributed by atoms with Gasteiger partial charge in [0.2, 0.25) is 0 Å². The third-order valence-corrected chi connectivity index (χ3v) is 1.90. The average Bonchev–Trinajstić information content (AvgIpc) is 1.88. The van der Waals surface area contributed by atoms with Gasteiger partial charge in [-0.2, -0.15) is 0 Å². The predicted molar refractivity (Wildman–Crippen MR) is 43.1 cm³/mol. The lowest BCUT2D eigenvalue weighted by atomic mass is 10.4. The molecule has 5 heteroatoms. The molecular formula is C5H8ClNO2S. The Morgan fingerprint density at radius 2 is 2.50 bits per heavy atom. The number of carbonyl (C=O) groups is 1. The van der Waals surface area contributed by atoms with Gasteiger partial charge in [-0.05, 0) is 5.41 Å². The van der Waals surface area contributed by atoms with Crippen molar-refractivity contribution in [1.82, 2.24) is 0 Å². The molecule has 1 atom stereocenters. The second-order valence-corrected chi connectivity index (χ2v) is 2.73. The summed E-state index contributed by atoms with van der Waals surface area (Å²) in [5.41, 5.74) is 6.48. The number of carboxylic acids is 1. The van der Waals surface area contributed by atoms with E-state index in [-0.39, 0.29) is 0 Å². The third-order valence-electron chi connectivity index (χ3n) is 0.741. The molecule has 0 bridgehead atoms. The third kappa shape index (κ3) is 4.67. The SMILES string of the molecule is NC(CSC=CCl)C(=O)O. The first-order chi connectivity index (χ1) is 4.68. The molecule has 0 aromatic carbocycles. The van der Waals surface area contributed by atoms with Crippen molar-refractivity contribution in [1.29, 1.82) is 0 Å². The fourth-order valence-corrected chi connectivity index (χ4v) is 1.02. The molecule has 3 nitrogen and oxygen atoms in total. The molecular weight excluding hydrogens is 174 g/mol. The van der Waals surface area contributed by atoms with Gasteiger partial charge in [0.15, 0.2) is 0 Å². The lowest BCUT2D eigenvalue weighted by molar-refractivity contribution is -0.137. The van der Waals surface area contributed by atoms with Crippen LogP contribution in [0.2, 0.25) is 0 Å². The van der Waals surface area contributed by atoms with E-state index in [0.29, 0.717) is 5.75 Å². The molecule has 1 unspecified atom stereocenters. The molecule has 0 amide bonds. The van der Waals surface area contributed by atoms with E-state index in [1.807, 2.05) is 0 Å². The Balaban J connectivity index is 3.39. The highest BCUT2D eigenvalue weighted by Gasteiger charge is 2.09. The molecule has 10 heavy (non-hydrogen) atoms. The summed E-state index contributed by atoms with van der Waals surface area (Å²) >= 11 is 6.45. The van der Waals surface area contributed by atoms with Gasteiger partial charge in [-0.25, -0.2) is 0 Å². The smallest absolute Gasteiger partial charge is 0.321 e. The molecule has 0 aliphatic rings. The average molecular weight is 182 g/mol. The van der Waals surface area contributed by atoms with Gasteiger partial charge in [-0.15, -0.1) is 11.8 Å². The van der Waals surface area contributed by atoms with Crippen molar-refractivity contribution in [2.75, 3.05) is 5.75 Å². The van der Waals surface area contributed by atoms with Gasteiger partial charge in [-0.1, -0.05) is 11.6 Å². The lowest BCUT2D eigenvalue weighted by Crippen LogP contribution is -2.32. The zero-order valence-electron chi connectivity index (χ0n) is 5.16. The van der Waals surface area contributed by atoms with E-state index < -0.39 is 12.0 Å². The minimum absolute atomic E-state index is 0.346. The van der Waals surface area contributed by atoms with Crippen LogP contribution in [0.1, 0.15) is 0 Å². The highest BCUT2D eigenvalue weighted by Crippen LogP contribution is 2.03. The normalized spacial score (nSPS) is 13.8. The second-order valence-electron chi connectivity index (χ2n) is 1.54. The number of aliphatic carboxylic acids is 1. The van der Waals surface area contributed by atoms with E-state index in [9.17, 15) is 4.79 Å². The number of carboxylic acid groups (broad SMARTS) is 1. The number of hydrogen-bond acceptors (Lipinski definition) is 3. The summed E-state index contributed by atoms with van der Waals surface area (Å²) in [6.07, 6.45) is 0. The monoisotopic (exact) mass is 181 g/mol. The number of thioether (sulfide) groups is 1. The van der Waals surface area contributed by atoms with Crippen molar-refractivity contribution in [3.05, 3.63) is 10.9 Å². The Labute approximate surface area is 68.2 Å². The molecule has 0 aliphatic carbocycles. The van der Waals surface area contributed by atoms with Gasteiger partial charge in [-0.3, -0.25) is 4.79 Å². The van der Waals surface area contributed by atoms with E-state index in [0.717, 1.165) is 0 Å². The fraction of sp³-hybridized carbons (Fsp3) is 0.400. The first-order valence-corrected chi connectivity index (χ1v) is 4.02. The first kappa shape index (κ1) is 9.81. The van der Waals surface area contributed by atoms with Crippen LogP contribution in [0.25, 0.3) is 0 Å². The summed E-state index contributed by atoms with van der Waals surface area (Å²) in [7, 11) is 0. The summed E-state index contributed by atoms with van der Waals surface area (Å²) in [5, 5.41) is 9.87. The van der Waals surface area contributed by atoms with Crippen LogP contribution in [-0.2, 0) is 4.79 Å². The second kappa shape index (κ2) is 5.58. The maximum atomic E-state index is 10.1. The molecule has 0 aromatic rings. The Hall–Kier alpha value is -0.190. The predicted octanol–water partition coefficient (Wildman–Crippen LogP) is 0.842. The summed E-state index contributed by atoms with van der Waals surface area (Å²) in [6, 6.07) is -0.808. The van der Waals surface area contributed by atoms with Crippen LogP contribution < -0.4 is 5.73 Å². The molecule has 0 heterocycles. The Kier molecular flexibility index (Phi) is 5.48. The van der Waals surface area contributed by atoms with E-state index in [1.165, 1.54) is 17.3 Å². The van der Waals surface area contributed by atoms with Crippen molar-refractivity contribution in [3.63, 3.8) is 0 Å². The summed E-state index contributed by atoms with van der Waals surface area (Å²) in [6.45, 7) is 0. The highest BCUT2D eigenvalue weighted by molar-refractivity contribution is 8.02. The minimum Gasteiger partial charge on any atom is -0.480 e. The van der Waals surface area contributed by atoms with E-state index in [4.69, 9.17) is 22.4 Å². The van der Waals surface area contributed by atoms with Crippen molar-refractivity contribution >= 4 is 29.3 Å². The first-order valence-electron chi connectivity index (χ1n) is 2.53. The zero-order valence-corrected chi connectivity index (χ0v) is 6.73. The van der Waals surface area contributed by atoms with Crippen molar-refractivity contribution in [2.24, 2.45) is 5.73 Å². The summed E-state index contributed by atoms with van der Waals surface area (Å²) in [5.74, 6) is -0.645. The Morgan fingerprint density at radius 3 is 2.90 bits per heavy atom. The molecule has 58 valence electrons. The van der Waals surface area contributed by atoms with Crippen molar-refractivity contribution in [2.45, 2.75) is 6.04 Å². The number of hydrogen-bond donors (Lipinski definition) is 2. The molecule has 0 aromatic heterocycles. The molecule has 0 radical (unpaired) electrons. The fourth-order valence-electron chi connectivity index (χ4n) is 0.267. The van der Waals surface area contributed by atoms with Crippen molar-refractivity contribution < 1.29 is 9.90 Å². The van der Waals surface area contributed by atoms with Gasteiger partial charge >= 0.3 is 5.97 Å². The van der Waals surface area contributed by atoms with Crippen molar-refractivity contribution in [3.8, 4) is 0 Å². The lowest BCUT2D eigenvalue weighted by Gasteiger charge is -2.00. The van der Waals surface area contributed by atoms with E-state index in [2.05, 4.69) is 0 Å². The minimum atomic E-state index is -0.990. The Bertz CT molecular complexity index is 140. The molecule has 0 spiro atoms. The maximum Gasteiger partial charge on any atom is 0.321 e. The number of halogens is 1. The molecule has 0 rings (SSSR count). The van der Waals surface area contributed by atoms with Gasteiger partial charge in [0.1, 0.15) is 6.04 Å². The van der Waals surface area contributed by atoms with Gasteiger partial charge in [0.25, 0.3) is 0 Å². The van der Waals surface area contributed by atoms with E-state index >= 15 is 0 Å². The van der Waals surface area contributed by atoms with Crippen LogP contribution in [0.4, 0.5) is 0 Å². The molecule has 0 saturated carbocycles. The summed E-state index contributed by atoms with van der Waals surface area (Å²) < 4.78 is 0. The number of nitrogens with two attached hydrogens (primary N) is 1. The summed E-state index contributed by atoms with van der Waals surface area (Å²) in [4.78, 5) is 10.1. The molecule has 3 N–H and O–H groups in total. The molecule has 0 saturated heterocycles. The van der Waals surface area contributed by atoms with Crippen LogP contribution in [0, 0.1) is 0 Å². The van der Waals surface area contributed by atoms with Crippen LogP contribution in [0.5, 0.6) is 0 Å². The number of rotatable bonds is 4. The van der Waals surface area contributed by atoms with Crippen LogP contribution in [0.3, 0.4) is 0 Å². The standard InChI is InChI=1S/C5H8ClNO2S/c6-1-2-10-3-4(7)5(8)9/h1-2,4H,3,7H2,(H,8,9). The van der Waals surface area contributed by atoms with Crippen LogP contribution >= 0.6 is 23.4 Å². The zero-order chi connectivity index (χ0) is 7.98. The topological polar surface area (TPSA) is 63.3 Å². The maximum absolute atomic E-state index is 10.1. The molecule has 0 fully saturated rings.